The van der Waals surface area contributed by atoms with Gasteiger partial charge in [0.25, 0.3) is 0 Å². The molecule has 0 amide bonds. The van der Waals surface area contributed by atoms with Gasteiger partial charge in [0.2, 0.25) is 10.0 Å². The molecule has 0 saturated heterocycles. The standard InChI is InChI=1S/C13H23N3O2S/c1-9-7-5-6-8-12(9)15-19(17,18)13-10(2)14-16(4)11(13)3/h9,12,15H,5-8H2,1-4H3. The Balaban J connectivity index is 2.27. The Morgan fingerprint density at radius 3 is 2.42 bits per heavy atom. The summed E-state index contributed by atoms with van der Waals surface area (Å²) in [5.41, 5.74) is 1.25. The maximum atomic E-state index is 12.5. The molecule has 1 N–H and O–H groups in total. The second kappa shape index (κ2) is 5.25. The highest BCUT2D eigenvalue weighted by Crippen LogP contribution is 2.26. The van der Waals surface area contributed by atoms with Gasteiger partial charge in [-0.3, -0.25) is 4.68 Å². The van der Waals surface area contributed by atoms with Crippen molar-refractivity contribution in [2.75, 3.05) is 0 Å². The molecule has 108 valence electrons. The van der Waals surface area contributed by atoms with Gasteiger partial charge in [0, 0.05) is 13.1 Å². The maximum Gasteiger partial charge on any atom is 0.244 e. The monoisotopic (exact) mass is 285 g/mol. The maximum absolute atomic E-state index is 12.5. The van der Waals surface area contributed by atoms with Crippen molar-refractivity contribution in [3.05, 3.63) is 11.4 Å². The molecule has 1 fully saturated rings. The van der Waals surface area contributed by atoms with Gasteiger partial charge in [0.15, 0.2) is 0 Å². The summed E-state index contributed by atoms with van der Waals surface area (Å²) in [6.45, 7) is 5.65. The van der Waals surface area contributed by atoms with E-state index in [0.29, 0.717) is 22.2 Å². The molecule has 6 heteroatoms. The van der Waals surface area contributed by atoms with E-state index in [9.17, 15) is 8.42 Å². The van der Waals surface area contributed by atoms with Gasteiger partial charge in [0.1, 0.15) is 4.90 Å². The Hall–Kier alpha value is -0.880. The molecule has 0 aromatic carbocycles. The van der Waals surface area contributed by atoms with Gasteiger partial charge in [0.05, 0.1) is 11.4 Å². The van der Waals surface area contributed by atoms with Crippen molar-refractivity contribution in [2.24, 2.45) is 13.0 Å². The second-order valence-electron chi connectivity index (χ2n) is 5.61. The third-order valence-corrected chi connectivity index (χ3v) is 5.87. The third kappa shape index (κ3) is 2.84. The minimum absolute atomic E-state index is 0.0535. The summed E-state index contributed by atoms with van der Waals surface area (Å²) >= 11 is 0. The van der Waals surface area contributed by atoms with Crippen LogP contribution in [0.2, 0.25) is 0 Å². The van der Waals surface area contributed by atoms with E-state index in [1.165, 1.54) is 6.42 Å². The predicted molar refractivity (Wildman–Crippen MR) is 74.4 cm³/mol. The number of aryl methyl sites for hydroxylation is 2. The molecule has 2 rings (SSSR count). The molecule has 5 nitrogen and oxygen atoms in total. The molecule has 0 spiro atoms. The van der Waals surface area contributed by atoms with Crippen LogP contribution in [0.4, 0.5) is 0 Å². The molecule has 1 aromatic heterocycles. The first-order valence-corrected chi connectivity index (χ1v) is 8.34. The number of rotatable bonds is 3. The lowest BCUT2D eigenvalue weighted by molar-refractivity contribution is 0.310. The Morgan fingerprint density at radius 2 is 1.89 bits per heavy atom. The van der Waals surface area contributed by atoms with Crippen molar-refractivity contribution in [3.63, 3.8) is 0 Å². The van der Waals surface area contributed by atoms with Crippen LogP contribution in [0.3, 0.4) is 0 Å². The van der Waals surface area contributed by atoms with Crippen molar-refractivity contribution in [3.8, 4) is 0 Å². The molecule has 2 atom stereocenters. The van der Waals surface area contributed by atoms with Crippen molar-refractivity contribution in [2.45, 2.75) is 57.4 Å². The fraction of sp³-hybridized carbons (Fsp3) is 0.769. The summed E-state index contributed by atoms with van der Waals surface area (Å²) in [5, 5.41) is 4.19. The molecule has 1 aliphatic rings. The van der Waals surface area contributed by atoms with E-state index < -0.39 is 10.0 Å². The zero-order valence-corrected chi connectivity index (χ0v) is 12.9. The van der Waals surface area contributed by atoms with Crippen LogP contribution in [-0.4, -0.2) is 24.2 Å². The topological polar surface area (TPSA) is 64.0 Å². The Labute approximate surface area is 115 Å². The van der Waals surface area contributed by atoms with Gasteiger partial charge in [-0.2, -0.15) is 5.10 Å². The molecule has 1 aromatic rings. The highest BCUT2D eigenvalue weighted by molar-refractivity contribution is 7.89. The summed E-state index contributed by atoms with van der Waals surface area (Å²) in [5.74, 6) is 0.404. The molecular formula is C13H23N3O2S. The Bertz CT molecular complexity index is 563. The SMILES string of the molecule is Cc1nn(C)c(C)c1S(=O)(=O)NC1CCCCC1C. The summed E-state index contributed by atoms with van der Waals surface area (Å²) in [7, 11) is -1.70. The lowest BCUT2D eigenvalue weighted by Gasteiger charge is -2.29. The smallest absolute Gasteiger partial charge is 0.244 e. The number of aromatic nitrogens is 2. The molecule has 19 heavy (non-hydrogen) atoms. The summed E-state index contributed by atoms with van der Waals surface area (Å²) in [6.07, 6.45) is 4.32. The normalized spacial score (nSPS) is 24.6. The number of hydrogen-bond donors (Lipinski definition) is 1. The molecule has 0 radical (unpaired) electrons. The average Bonchev–Trinajstić information content (AvgIpc) is 2.56. The van der Waals surface area contributed by atoms with Gasteiger partial charge >= 0.3 is 0 Å². The van der Waals surface area contributed by atoms with E-state index in [2.05, 4.69) is 16.7 Å². The van der Waals surface area contributed by atoms with E-state index in [-0.39, 0.29) is 6.04 Å². The first-order valence-electron chi connectivity index (χ1n) is 6.85. The van der Waals surface area contributed by atoms with Crippen LogP contribution < -0.4 is 4.72 Å². The quantitative estimate of drug-likeness (QED) is 0.922. The first-order chi connectivity index (χ1) is 8.83. The van der Waals surface area contributed by atoms with Gasteiger partial charge in [-0.25, -0.2) is 13.1 Å². The van der Waals surface area contributed by atoms with Crippen LogP contribution in [-0.2, 0) is 17.1 Å². The van der Waals surface area contributed by atoms with Gasteiger partial charge < -0.3 is 0 Å². The van der Waals surface area contributed by atoms with Crippen LogP contribution in [0.1, 0.15) is 44.0 Å². The largest absolute Gasteiger partial charge is 0.271 e. The fourth-order valence-corrected chi connectivity index (χ4v) is 4.71. The van der Waals surface area contributed by atoms with E-state index >= 15 is 0 Å². The molecule has 0 bridgehead atoms. The van der Waals surface area contributed by atoms with E-state index in [0.717, 1.165) is 19.3 Å². The first kappa shape index (κ1) is 14.5. The van der Waals surface area contributed by atoms with Crippen LogP contribution in [0.15, 0.2) is 4.90 Å². The van der Waals surface area contributed by atoms with Crippen LogP contribution in [0.5, 0.6) is 0 Å². The van der Waals surface area contributed by atoms with E-state index in [4.69, 9.17) is 0 Å². The molecule has 0 aliphatic heterocycles. The summed E-state index contributed by atoms with van der Waals surface area (Å²) < 4.78 is 29.6. The third-order valence-electron chi connectivity index (χ3n) is 4.13. The molecule has 1 heterocycles. The summed E-state index contributed by atoms with van der Waals surface area (Å²) in [6, 6.07) is 0.0535. The lowest BCUT2D eigenvalue weighted by atomic mass is 9.87. The van der Waals surface area contributed by atoms with Gasteiger partial charge in [-0.15, -0.1) is 0 Å². The Kier molecular flexibility index (Phi) is 4.01. The average molecular weight is 285 g/mol. The van der Waals surface area contributed by atoms with Crippen LogP contribution in [0.25, 0.3) is 0 Å². The Morgan fingerprint density at radius 1 is 1.26 bits per heavy atom. The number of nitrogens with one attached hydrogen (secondary N) is 1. The van der Waals surface area contributed by atoms with Crippen molar-refractivity contribution in [1.82, 2.24) is 14.5 Å². The van der Waals surface area contributed by atoms with Crippen molar-refractivity contribution >= 4 is 10.0 Å². The highest BCUT2D eigenvalue weighted by atomic mass is 32.2. The lowest BCUT2D eigenvalue weighted by Crippen LogP contribution is -2.41. The molecule has 1 saturated carbocycles. The van der Waals surface area contributed by atoms with Crippen molar-refractivity contribution in [1.29, 1.82) is 0 Å². The number of nitrogens with zero attached hydrogens (tertiary/aromatic N) is 2. The van der Waals surface area contributed by atoms with E-state index in [1.807, 2.05) is 0 Å². The highest BCUT2D eigenvalue weighted by Gasteiger charge is 2.30. The fourth-order valence-electron chi connectivity index (χ4n) is 2.89. The number of sulfonamides is 1. The van der Waals surface area contributed by atoms with Crippen molar-refractivity contribution < 1.29 is 8.42 Å². The van der Waals surface area contributed by atoms with E-state index in [1.54, 1.807) is 25.6 Å². The predicted octanol–water partition coefficient (Wildman–Crippen LogP) is 1.89. The van der Waals surface area contributed by atoms with Gasteiger partial charge in [-0.05, 0) is 32.6 Å². The van der Waals surface area contributed by atoms with Gasteiger partial charge in [-0.1, -0.05) is 19.8 Å². The minimum Gasteiger partial charge on any atom is -0.271 e. The summed E-state index contributed by atoms with van der Waals surface area (Å²) in [4.78, 5) is 0.341. The second-order valence-corrected chi connectivity index (χ2v) is 7.26. The zero-order chi connectivity index (χ0) is 14.2. The number of hydrogen-bond acceptors (Lipinski definition) is 3. The molecule has 1 aliphatic carbocycles. The molecule has 2 unspecified atom stereocenters. The van der Waals surface area contributed by atoms with Crippen LogP contribution >= 0.6 is 0 Å². The zero-order valence-electron chi connectivity index (χ0n) is 12.1. The molecular weight excluding hydrogens is 262 g/mol. The van der Waals surface area contributed by atoms with Crippen LogP contribution in [0, 0.1) is 19.8 Å². The minimum atomic E-state index is -3.47.